The van der Waals surface area contributed by atoms with Crippen LogP contribution >= 0.6 is 23.2 Å². The van der Waals surface area contributed by atoms with E-state index in [9.17, 15) is 14.4 Å². The molecule has 0 fully saturated rings. The van der Waals surface area contributed by atoms with Crippen LogP contribution in [0.15, 0.2) is 66.9 Å². The van der Waals surface area contributed by atoms with Gasteiger partial charge in [-0.15, -0.1) is 0 Å². The summed E-state index contributed by atoms with van der Waals surface area (Å²) in [6.45, 7) is -0.0320. The number of hydrogen-bond acceptors (Lipinski definition) is 5. The zero-order chi connectivity index (χ0) is 22.9. The van der Waals surface area contributed by atoms with Gasteiger partial charge in [0.25, 0.3) is 17.7 Å². The fraction of sp³-hybridized carbons (Fsp3) is 0.0909. The second-order valence-corrected chi connectivity index (χ2v) is 7.36. The predicted octanol–water partition coefficient (Wildman–Crippen LogP) is 3.16. The monoisotopic (exact) mass is 472 g/mol. The van der Waals surface area contributed by atoms with Crippen LogP contribution in [0, 0.1) is 0 Å². The average Bonchev–Trinajstić information content (AvgIpc) is 2.81. The van der Waals surface area contributed by atoms with E-state index in [4.69, 9.17) is 27.9 Å². The van der Waals surface area contributed by atoms with Crippen LogP contribution in [-0.2, 0) is 11.4 Å². The normalized spacial score (nSPS) is 10.2. The second kappa shape index (κ2) is 11.1. The first-order valence-electron chi connectivity index (χ1n) is 9.37. The van der Waals surface area contributed by atoms with Gasteiger partial charge >= 0.3 is 0 Å². The van der Waals surface area contributed by atoms with Crippen molar-refractivity contribution in [1.29, 1.82) is 0 Å². The molecule has 0 radical (unpaired) electrons. The van der Waals surface area contributed by atoms with Crippen LogP contribution in [0.1, 0.15) is 26.4 Å². The highest BCUT2D eigenvalue weighted by Crippen LogP contribution is 2.17. The Bertz CT molecular complexity index is 1110. The van der Waals surface area contributed by atoms with Crippen molar-refractivity contribution in [1.82, 2.24) is 21.2 Å². The summed E-state index contributed by atoms with van der Waals surface area (Å²) in [5.41, 5.74) is 5.79. The van der Waals surface area contributed by atoms with Gasteiger partial charge in [0.1, 0.15) is 18.1 Å². The maximum atomic E-state index is 12.2. The van der Waals surface area contributed by atoms with Crippen LogP contribution in [0.3, 0.4) is 0 Å². The number of rotatable bonds is 7. The quantitative estimate of drug-likeness (QED) is 0.457. The van der Waals surface area contributed by atoms with Crippen LogP contribution in [0.2, 0.25) is 10.0 Å². The minimum Gasteiger partial charge on any atom is -0.489 e. The second-order valence-electron chi connectivity index (χ2n) is 6.48. The fourth-order valence-corrected chi connectivity index (χ4v) is 2.76. The van der Waals surface area contributed by atoms with Crippen molar-refractivity contribution in [3.63, 3.8) is 0 Å². The van der Waals surface area contributed by atoms with Crippen LogP contribution in [0.25, 0.3) is 0 Å². The molecule has 10 heteroatoms. The third-order valence-corrected chi connectivity index (χ3v) is 4.60. The average molecular weight is 473 g/mol. The number of amides is 3. The number of hydrazine groups is 1. The molecule has 3 N–H and O–H groups in total. The number of benzene rings is 2. The largest absolute Gasteiger partial charge is 0.489 e. The molecular formula is C22H18Cl2N4O4. The Labute approximate surface area is 193 Å². The molecule has 0 spiro atoms. The summed E-state index contributed by atoms with van der Waals surface area (Å²) in [6.07, 6.45) is 1.38. The smallest absolute Gasteiger partial charge is 0.270 e. The molecule has 1 aromatic heterocycles. The van der Waals surface area contributed by atoms with Gasteiger partial charge < -0.3 is 10.1 Å². The van der Waals surface area contributed by atoms with Crippen LogP contribution in [0.4, 0.5) is 0 Å². The predicted molar refractivity (Wildman–Crippen MR) is 119 cm³/mol. The van der Waals surface area contributed by atoms with E-state index in [0.29, 0.717) is 28.0 Å². The molecule has 8 nitrogen and oxygen atoms in total. The number of ether oxygens (including phenoxy) is 1. The minimum absolute atomic E-state index is 0.0782. The van der Waals surface area contributed by atoms with Gasteiger partial charge in [0.15, 0.2) is 0 Å². The van der Waals surface area contributed by atoms with Gasteiger partial charge in [-0.05, 0) is 54.1 Å². The van der Waals surface area contributed by atoms with Crippen molar-refractivity contribution in [3.05, 3.63) is 93.7 Å². The third kappa shape index (κ3) is 6.97. The van der Waals surface area contributed by atoms with Crippen LogP contribution in [-0.4, -0.2) is 29.3 Å². The fourth-order valence-electron chi connectivity index (χ4n) is 2.47. The third-order valence-electron chi connectivity index (χ3n) is 4.11. The lowest BCUT2D eigenvalue weighted by Gasteiger charge is -2.09. The van der Waals surface area contributed by atoms with Gasteiger partial charge in [0, 0.05) is 21.8 Å². The van der Waals surface area contributed by atoms with Crippen LogP contribution in [0.5, 0.6) is 5.75 Å². The van der Waals surface area contributed by atoms with E-state index in [1.807, 2.05) is 0 Å². The van der Waals surface area contributed by atoms with E-state index in [-0.39, 0.29) is 12.2 Å². The summed E-state index contributed by atoms with van der Waals surface area (Å²) >= 11 is 11.6. The van der Waals surface area contributed by atoms with Crippen molar-refractivity contribution < 1.29 is 19.1 Å². The number of nitrogens with zero attached hydrogens (tertiary/aromatic N) is 1. The number of halogens is 2. The topological polar surface area (TPSA) is 109 Å². The summed E-state index contributed by atoms with van der Waals surface area (Å²) in [5.74, 6) is -1.00. The number of carbonyl (C=O) groups is 3. The number of carbonyl (C=O) groups excluding carboxylic acids is 3. The molecule has 0 aliphatic heterocycles. The maximum absolute atomic E-state index is 12.2. The Morgan fingerprint density at radius 3 is 2.25 bits per heavy atom. The number of nitrogens with one attached hydrogen (secondary N) is 3. The lowest BCUT2D eigenvalue weighted by atomic mass is 10.1. The summed E-state index contributed by atoms with van der Waals surface area (Å²) in [6, 6.07) is 16.6. The molecule has 0 bridgehead atoms. The first-order chi connectivity index (χ1) is 15.4. The molecule has 0 aliphatic rings. The lowest BCUT2D eigenvalue weighted by Crippen LogP contribution is -2.46. The molecule has 3 aromatic rings. The summed E-state index contributed by atoms with van der Waals surface area (Å²) in [4.78, 5) is 39.8. The van der Waals surface area contributed by atoms with Gasteiger partial charge in [-0.25, -0.2) is 0 Å². The Hall–Kier alpha value is -3.62. The first-order valence-corrected chi connectivity index (χ1v) is 10.1. The first kappa shape index (κ1) is 23.1. The van der Waals surface area contributed by atoms with Gasteiger partial charge in [0.2, 0.25) is 0 Å². The molecule has 3 amide bonds. The van der Waals surface area contributed by atoms with Gasteiger partial charge in [0.05, 0.1) is 6.54 Å². The van der Waals surface area contributed by atoms with Crippen LogP contribution < -0.4 is 20.9 Å². The van der Waals surface area contributed by atoms with Crippen molar-refractivity contribution in [3.8, 4) is 5.75 Å². The molecule has 1 heterocycles. The standard InChI is InChI=1S/C22H18Cl2N4O4/c23-16-5-7-18(8-6-16)32-13-14-1-3-15(4-2-14)21(30)28-27-20(29)12-26-22(31)19-11-17(24)9-10-25-19/h1-11H,12-13H2,(H,26,31)(H,27,29)(H,28,30). The molecule has 0 aliphatic carbocycles. The van der Waals surface area contributed by atoms with E-state index >= 15 is 0 Å². The molecular weight excluding hydrogens is 455 g/mol. The van der Waals surface area contributed by atoms with Crippen molar-refractivity contribution in [2.24, 2.45) is 0 Å². The molecule has 0 saturated carbocycles. The lowest BCUT2D eigenvalue weighted by molar-refractivity contribution is -0.120. The molecule has 0 unspecified atom stereocenters. The summed E-state index contributed by atoms with van der Waals surface area (Å²) in [7, 11) is 0. The number of hydrogen-bond donors (Lipinski definition) is 3. The van der Waals surface area contributed by atoms with E-state index in [0.717, 1.165) is 5.56 Å². The van der Waals surface area contributed by atoms with Gasteiger partial charge in [-0.3, -0.25) is 30.2 Å². The van der Waals surface area contributed by atoms with E-state index in [1.165, 1.54) is 18.3 Å². The van der Waals surface area contributed by atoms with Crippen molar-refractivity contribution >= 4 is 40.9 Å². The molecule has 2 aromatic carbocycles. The zero-order valence-corrected chi connectivity index (χ0v) is 18.1. The molecule has 0 saturated heterocycles. The molecule has 164 valence electrons. The van der Waals surface area contributed by atoms with Gasteiger partial charge in [-0.1, -0.05) is 35.3 Å². The Balaban J connectivity index is 1.41. The van der Waals surface area contributed by atoms with E-state index < -0.39 is 17.7 Å². The van der Waals surface area contributed by atoms with Crippen molar-refractivity contribution in [2.45, 2.75) is 6.61 Å². The van der Waals surface area contributed by atoms with E-state index in [1.54, 1.807) is 48.5 Å². The summed E-state index contributed by atoms with van der Waals surface area (Å²) in [5, 5.41) is 3.36. The van der Waals surface area contributed by atoms with Gasteiger partial charge in [-0.2, -0.15) is 0 Å². The van der Waals surface area contributed by atoms with Crippen molar-refractivity contribution in [2.75, 3.05) is 6.54 Å². The highest BCUT2D eigenvalue weighted by atomic mass is 35.5. The SMILES string of the molecule is O=C(CNC(=O)c1cc(Cl)ccn1)NNC(=O)c1ccc(COc2ccc(Cl)cc2)cc1. The Morgan fingerprint density at radius 2 is 1.56 bits per heavy atom. The van der Waals surface area contributed by atoms with E-state index in [2.05, 4.69) is 21.2 Å². The maximum Gasteiger partial charge on any atom is 0.270 e. The number of pyridine rings is 1. The minimum atomic E-state index is -0.610. The molecule has 32 heavy (non-hydrogen) atoms. The highest BCUT2D eigenvalue weighted by Gasteiger charge is 2.11. The Kier molecular flexibility index (Phi) is 8.02. The number of aromatic nitrogens is 1. The zero-order valence-electron chi connectivity index (χ0n) is 16.6. The molecule has 0 atom stereocenters. The Morgan fingerprint density at radius 1 is 0.844 bits per heavy atom. The summed E-state index contributed by atoms with van der Waals surface area (Å²) < 4.78 is 5.65. The highest BCUT2D eigenvalue weighted by molar-refractivity contribution is 6.31. The molecule has 3 rings (SSSR count).